The van der Waals surface area contributed by atoms with Crippen LogP contribution in [0.15, 0.2) is 29.7 Å². The van der Waals surface area contributed by atoms with E-state index < -0.39 is 0 Å². The lowest BCUT2D eigenvalue weighted by Crippen LogP contribution is -2.41. The molecule has 0 unspecified atom stereocenters. The maximum absolute atomic E-state index is 6.11. The Hall–Kier alpha value is -0.905. The number of hydrogen-bond acceptors (Lipinski definition) is 4. The fourth-order valence-electron chi connectivity index (χ4n) is 2.27. The lowest BCUT2D eigenvalue weighted by atomic mass is 9.78. The third kappa shape index (κ3) is 3.53. The molecular formula is C17H25BO3S. The lowest BCUT2D eigenvalue weighted by Gasteiger charge is -2.32. The van der Waals surface area contributed by atoms with Crippen LogP contribution in [-0.2, 0) is 9.31 Å². The van der Waals surface area contributed by atoms with Gasteiger partial charge in [-0.2, -0.15) is 12.6 Å². The monoisotopic (exact) mass is 320 g/mol. The van der Waals surface area contributed by atoms with Gasteiger partial charge < -0.3 is 14.0 Å². The largest absolute Gasteiger partial charge is 0.493 e. The molecule has 5 heteroatoms. The van der Waals surface area contributed by atoms with E-state index in [9.17, 15) is 0 Å². The van der Waals surface area contributed by atoms with Crippen LogP contribution < -0.4 is 4.74 Å². The second-order valence-electron chi connectivity index (χ2n) is 6.44. The highest BCUT2D eigenvalue weighted by atomic mass is 32.1. The highest BCUT2D eigenvalue weighted by Gasteiger charge is 2.52. The zero-order valence-electron chi connectivity index (χ0n) is 14.1. The Balaban J connectivity index is 2.30. The summed E-state index contributed by atoms with van der Waals surface area (Å²) in [6.45, 7) is 10.8. The lowest BCUT2D eigenvalue weighted by molar-refractivity contribution is 0.00578. The average molecular weight is 320 g/mol. The van der Waals surface area contributed by atoms with Crippen LogP contribution in [0.4, 0.5) is 0 Å². The Morgan fingerprint density at radius 1 is 1.18 bits per heavy atom. The van der Waals surface area contributed by atoms with Crippen LogP contribution in [0.1, 0.15) is 40.2 Å². The zero-order valence-corrected chi connectivity index (χ0v) is 14.9. The Labute approximate surface area is 139 Å². The fraction of sp³-hybridized carbons (Fsp3) is 0.529. The van der Waals surface area contributed by atoms with E-state index in [1.807, 2.05) is 31.2 Å². The van der Waals surface area contributed by atoms with E-state index in [1.54, 1.807) is 0 Å². The van der Waals surface area contributed by atoms with Crippen molar-refractivity contribution in [1.29, 1.82) is 0 Å². The van der Waals surface area contributed by atoms with Crippen LogP contribution in [0.25, 0.3) is 6.08 Å². The minimum absolute atomic E-state index is 0.348. The van der Waals surface area contributed by atoms with Crippen molar-refractivity contribution in [3.63, 3.8) is 0 Å². The van der Waals surface area contributed by atoms with Gasteiger partial charge in [0.15, 0.2) is 0 Å². The van der Waals surface area contributed by atoms with Gasteiger partial charge in [-0.05, 0) is 46.2 Å². The molecule has 0 radical (unpaired) electrons. The number of benzene rings is 1. The molecule has 0 spiro atoms. The summed E-state index contributed by atoms with van der Waals surface area (Å²) in [6, 6.07) is 7.96. The minimum Gasteiger partial charge on any atom is -0.493 e. The van der Waals surface area contributed by atoms with Crippen molar-refractivity contribution in [3.8, 4) is 5.75 Å². The first kappa shape index (κ1) is 17.4. The molecule has 0 aromatic heterocycles. The second kappa shape index (κ2) is 6.69. The van der Waals surface area contributed by atoms with Crippen LogP contribution in [0.3, 0.4) is 0 Å². The van der Waals surface area contributed by atoms with E-state index in [0.29, 0.717) is 12.4 Å². The fourth-order valence-corrected chi connectivity index (χ4v) is 2.51. The molecule has 0 saturated carbocycles. The first-order chi connectivity index (χ1) is 10.3. The van der Waals surface area contributed by atoms with Crippen molar-refractivity contribution in [2.75, 3.05) is 12.4 Å². The average Bonchev–Trinajstić information content (AvgIpc) is 2.66. The van der Waals surface area contributed by atoms with Crippen molar-refractivity contribution in [2.24, 2.45) is 0 Å². The summed E-state index contributed by atoms with van der Waals surface area (Å²) in [5.41, 5.74) is 1.32. The van der Waals surface area contributed by atoms with Gasteiger partial charge >= 0.3 is 7.12 Å². The van der Waals surface area contributed by atoms with Crippen molar-refractivity contribution >= 4 is 25.8 Å². The number of thiol groups is 1. The Kier molecular flexibility index (Phi) is 5.31. The predicted molar refractivity (Wildman–Crippen MR) is 95.5 cm³/mol. The topological polar surface area (TPSA) is 27.7 Å². The third-order valence-corrected chi connectivity index (χ3v) is 4.66. The van der Waals surface area contributed by atoms with E-state index in [0.717, 1.165) is 16.8 Å². The summed E-state index contributed by atoms with van der Waals surface area (Å²) in [5.74, 6) is 1.43. The van der Waals surface area contributed by atoms with Gasteiger partial charge in [-0.3, -0.25) is 0 Å². The molecule has 0 aliphatic carbocycles. The molecule has 1 aliphatic rings. The quantitative estimate of drug-likeness (QED) is 0.656. The molecule has 1 saturated heterocycles. The van der Waals surface area contributed by atoms with Crippen molar-refractivity contribution in [1.82, 2.24) is 0 Å². The highest BCUT2D eigenvalue weighted by Crippen LogP contribution is 2.39. The summed E-state index contributed by atoms with van der Waals surface area (Å²) in [7, 11) is -0.378. The molecule has 1 aromatic rings. The molecular weight excluding hydrogens is 295 g/mol. The van der Waals surface area contributed by atoms with E-state index in [2.05, 4.69) is 46.4 Å². The van der Waals surface area contributed by atoms with E-state index in [1.165, 1.54) is 0 Å². The second-order valence-corrected chi connectivity index (χ2v) is 6.75. The Bertz CT molecular complexity index is 539. The van der Waals surface area contributed by atoms with E-state index in [4.69, 9.17) is 14.0 Å². The maximum atomic E-state index is 6.11. The van der Waals surface area contributed by atoms with Crippen molar-refractivity contribution in [2.45, 2.75) is 45.8 Å². The SMILES string of the molecule is CCOc1ccccc1C=C(CS)B1OC(C)(C)C(C)(C)O1. The number of ether oxygens (including phenoxy) is 1. The third-order valence-electron chi connectivity index (χ3n) is 4.30. The summed E-state index contributed by atoms with van der Waals surface area (Å²) in [6.07, 6.45) is 2.06. The van der Waals surface area contributed by atoms with E-state index in [-0.39, 0.29) is 18.3 Å². The van der Waals surface area contributed by atoms with Gasteiger partial charge in [0.2, 0.25) is 0 Å². The molecule has 3 nitrogen and oxygen atoms in total. The normalized spacial score (nSPS) is 20.3. The molecule has 0 amide bonds. The summed E-state index contributed by atoms with van der Waals surface area (Å²) in [4.78, 5) is 0. The molecule has 0 N–H and O–H groups in total. The van der Waals surface area contributed by atoms with Crippen LogP contribution >= 0.6 is 12.6 Å². The molecule has 0 bridgehead atoms. The van der Waals surface area contributed by atoms with Gasteiger partial charge in [0.1, 0.15) is 5.75 Å². The molecule has 1 fully saturated rings. The molecule has 120 valence electrons. The molecule has 1 aromatic carbocycles. The molecule has 1 heterocycles. The molecule has 1 aliphatic heterocycles. The number of rotatable bonds is 5. The van der Waals surface area contributed by atoms with Crippen LogP contribution in [0.5, 0.6) is 5.75 Å². The highest BCUT2D eigenvalue weighted by molar-refractivity contribution is 7.80. The minimum atomic E-state index is -0.378. The molecule has 0 atom stereocenters. The van der Waals surface area contributed by atoms with Gasteiger partial charge in [0.05, 0.1) is 17.8 Å². The predicted octanol–water partition coefficient (Wildman–Crippen LogP) is 4.03. The van der Waals surface area contributed by atoms with Crippen LogP contribution in [0, 0.1) is 0 Å². The number of hydrogen-bond donors (Lipinski definition) is 1. The standard InChI is InChI=1S/C17H25BO3S/c1-6-19-15-10-8-7-9-13(15)11-14(12-22)18-20-16(2,3)17(4,5)21-18/h7-11,22H,6,12H2,1-5H3. The zero-order chi connectivity index (χ0) is 16.4. The first-order valence-corrected chi connectivity index (χ1v) is 8.33. The molecule has 22 heavy (non-hydrogen) atoms. The van der Waals surface area contributed by atoms with Crippen molar-refractivity contribution in [3.05, 3.63) is 35.3 Å². The summed E-state index contributed by atoms with van der Waals surface area (Å²) >= 11 is 4.45. The maximum Gasteiger partial charge on any atom is 0.491 e. The summed E-state index contributed by atoms with van der Waals surface area (Å²) < 4.78 is 17.9. The Morgan fingerprint density at radius 2 is 1.77 bits per heavy atom. The van der Waals surface area contributed by atoms with Gasteiger partial charge in [-0.25, -0.2) is 0 Å². The number of para-hydroxylation sites is 1. The van der Waals surface area contributed by atoms with Crippen molar-refractivity contribution < 1.29 is 14.0 Å². The van der Waals surface area contributed by atoms with Gasteiger partial charge in [-0.1, -0.05) is 24.3 Å². The van der Waals surface area contributed by atoms with Gasteiger partial charge in [0.25, 0.3) is 0 Å². The smallest absolute Gasteiger partial charge is 0.491 e. The van der Waals surface area contributed by atoms with Crippen LogP contribution in [0.2, 0.25) is 0 Å². The summed E-state index contributed by atoms with van der Waals surface area (Å²) in [5, 5.41) is 0. The Morgan fingerprint density at radius 3 is 2.32 bits per heavy atom. The molecule has 2 rings (SSSR count). The van der Waals surface area contributed by atoms with E-state index >= 15 is 0 Å². The van der Waals surface area contributed by atoms with Gasteiger partial charge in [-0.15, -0.1) is 0 Å². The van der Waals surface area contributed by atoms with Crippen LogP contribution in [-0.4, -0.2) is 30.7 Å². The van der Waals surface area contributed by atoms with Gasteiger partial charge in [0, 0.05) is 11.3 Å². The first-order valence-electron chi connectivity index (χ1n) is 7.69.